The van der Waals surface area contributed by atoms with Crippen LogP contribution in [0.15, 0.2) is 60.8 Å². The molecule has 0 saturated carbocycles. The van der Waals surface area contributed by atoms with Gasteiger partial charge in [0.15, 0.2) is 6.10 Å². The van der Waals surface area contributed by atoms with Gasteiger partial charge in [-0.2, -0.15) is 0 Å². The van der Waals surface area contributed by atoms with Crippen molar-refractivity contribution in [3.63, 3.8) is 0 Å². The molecule has 0 aliphatic heterocycles. The Hall–Kier alpha value is -2.89. The molecule has 0 aliphatic carbocycles. The van der Waals surface area contributed by atoms with E-state index in [1.165, 1.54) is 154 Å². The topological polar surface area (TPSA) is 78.9 Å². The van der Waals surface area contributed by atoms with Crippen LogP contribution < -0.4 is 0 Å². The number of carbonyl (C=O) groups excluding carboxylic acids is 3. The third kappa shape index (κ3) is 51.9. The fourth-order valence-electron chi connectivity index (χ4n) is 7.86. The fraction of sp³-hybridized carbons (Fsp3) is 0.780. The van der Waals surface area contributed by atoms with E-state index in [1.807, 2.05) is 6.08 Å². The molecule has 0 bridgehead atoms. The summed E-state index contributed by atoms with van der Waals surface area (Å²) in [4.78, 5) is 38.0. The lowest BCUT2D eigenvalue weighted by Crippen LogP contribution is -2.30. The molecular weight excluding hydrogens is 805 g/mol. The van der Waals surface area contributed by atoms with Crippen molar-refractivity contribution in [2.75, 3.05) is 13.2 Å². The van der Waals surface area contributed by atoms with Crippen LogP contribution in [0.2, 0.25) is 0 Å². The molecule has 0 amide bonds. The number of hydrogen-bond acceptors (Lipinski definition) is 6. The molecule has 6 heteroatoms. The lowest BCUT2D eigenvalue weighted by atomic mass is 10.0. The maximum absolute atomic E-state index is 12.8. The molecular formula is C59H104O6. The van der Waals surface area contributed by atoms with Crippen LogP contribution in [0.5, 0.6) is 0 Å². The Morgan fingerprint density at radius 2 is 0.631 bits per heavy atom. The second-order valence-electron chi connectivity index (χ2n) is 18.5. The Kier molecular flexibility index (Phi) is 51.3. The number of allylic oxidation sites excluding steroid dienone is 10. The number of unbranched alkanes of at least 4 members (excludes halogenated alkanes) is 29. The zero-order chi connectivity index (χ0) is 47.2. The van der Waals surface area contributed by atoms with Crippen molar-refractivity contribution in [1.82, 2.24) is 0 Å². The van der Waals surface area contributed by atoms with Crippen molar-refractivity contribution in [3.8, 4) is 0 Å². The molecule has 0 fully saturated rings. The summed E-state index contributed by atoms with van der Waals surface area (Å²) in [6.07, 6.45) is 66.6. The molecule has 376 valence electrons. The average Bonchev–Trinajstić information content (AvgIpc) is 3.30. The second kappa shape index (κ2) is 53.7. The van der Waals surface area contributed by atoms with Crippen molar-refractivity contribution in [1.29, 1.82) is 0 Å². The molecule has 0 aromatic heterocycles. The highest BCUT2D eigenvalue weighted by Gasteiger charge is 2.19. The zero-order valence-corrected chi connectivity index (χ0v) is 43.0. The molecule has 0 rings (SSSR count). The number of esters is 3. The maximum Gasteiger partial charge on any atom is 0.306 e. The minimum Gasteiger partial charge on any atom is -0.462 e. The van der Waals surface area contributed by atoms with Crippen LogP contribution in [0.25, 0.3) is 0 Å². The molecule has 0 radical (unpaired) electrons. The van der Waals surface area contributed by atoms with Crippen molar-refractivity contribution < 1.29 is 28.6 Å². The summed E-state index contributed by atoms with van der Waals surface area (Å²) in [6.45, 7) is 6.48. The number of carbonyl (C=O) groups is 3. The van der Waals surface area contributed by atoms with E-state index in [2.05, 4.69) is 75.5 Å². The summed E-state index contributed by atoms with van der Waals surface area (Å²) in [6, 6.07) is 0. The fourth-order valence-corrected chi connectivity index (χ4v) is 7.86. The Morgan fingerprint density at radius 3 is 1.03 bits per heavy atom. The molecule has 0 aliphatic rings. The van der Waals surface area contributed by atoms with Gasteiger partial charge in [0.25, 0.3) is 0 Å². The van der Waals surface area contributed by atoms with Gasteiger partial charge < -0.3 is 14.2 Å². The van der Waals surface area contributed by atoms with Crippen LogP contribution in [-0.4, -0.2) is 37.2 Å². The van der Waals surface area contributed by atoms with Gasteiger partial charge in [0, 0.05) is 19.3 Å². The quantitative estimate of drug-likeness (QED) is 0.0262. The van der Waals surface area contributed by atoms with Crippen LogP contribution in [0.4, 0.5) is 0 Å². The van der Waals surface area contributed by atoms with E-state index in [1.54, 1.807) is 0 Å². The summed E-state index contributed by atoms with van der Waals surface area (Å²) >= 11 is 0. The molecule has 1 unspecified atom stereocenters. The first-order valence-corrected chi connectivity index (χ1v) is 27.8. The van der Waals surface area contributed by atoms with Crippen LogP contribution in [0.3, 0.4) is 0 Å². The van der Waals surface area contributed by atoms with Gasteiger partial charge in [0.1, 0.15) is 13.2 Å². The van der Waals surface area contributed by atoms with Crippen molar-refractivity contribution >= 4 is 17.9 Å². The molecule has 65 heavy (non-hydrogen) atoms. The summed E-state index contributed by atoms with van der Waals surface area (Å²) in [5.41, 5.74) is 0. The first kappa shape index (κ1) is 62.1. The monoisotopic (exact) mass is 909 g/mol. The smallest absolute Gasteiger partial charge is 0.306 e. The van der Waals surface area contributed by atoms with Crippen LogP contribution in [0.1, 0.15) is 278 Å². The van der Waals surface area contributed by atoms with E-state index in [0.29, 0.717) is 19.3 Å². The summed E-state index contributed by atoms with van der Waals surface area (Å²) < 4.78 is 16.8. The molecule has 0 saturated heterocycles. The van der Waals surface area contributed by atoms with E-state index >= 15 is 0 Å². The van der Waals surface area contributed by atoms with Crippen molar-refractivity contribution in [2.45, 2.75) is 284 Å². The summed E-state index contributed by atoms with van der Waals surface area (Å²) in [7, 11) is 0. The first-order chi connectivity index (χ1) is 32.0. The third-order valence-electron chi connectivity index (χ3n) is 12.0. The Bertz CT molecular complexity index is 1180. The number of rotatable bonds is 50. The molecule has 0 spiro atoms. The van der Waals surface area contributed by atoms with Gasteiger partial charge >= 0.3 is 17.9 Å². The Balaban J connectivity index is 4.41. The van der Waals surface area contributed by atoms with Gasteiger partial charge in [0.2, 0.25) is 0 Å². The predicted molar refractivity (Wildman–Crippen MR) is 279 cm³/mol. The Labute approximate surface area is 402 Å². The van der Waals surface area contributed by atoms with E-state index in [9.17, 15) is 14.4 Å². The van der Waals surface area contributed by atoms with Gasteiger partial charge in [-0.05, 0) is 70.6 Å². The van der Waals surface area contributed by atoms with Crippen molar-refractivity contribution in [2.24, 2.45) is 0 Å². The minimum absolute atomic E-state index is 0.0970. The van der Waals surface area contributed by atoms with E-state index in [4.69, 9.17) is 14.2 Å². The Morgan fingerprint density at radius 1 is 0.323 bits per heavy atom. The lowest BCUT2D eigenvalue weighted by molar-refractivity contribution is -0.166. The molecule has 0 aromatic rings. The highest BCUT2D eigenvalue weighted by Crippen LogP contribution is 2.16. The van der Waals surface area contributed by atoms with Gasteiger partial charge in [0.05, 0.1) is 0 Å². The highest BCUT2D eigenvalue weighted by atomic mass is 16.6. The van der Waals surface area contributed by atoms with Gasteiger partial charge in [-0.25, -0.2) is 0 Å². The van der Waals surface area contributed by atoms with E-state index in [0.717, 1.165) is 77.0 Å². The molecule has 0 aromatic carbocycles. The largest absolute Gasteiger partial charge is 0.462 e. The van der Waals surface area contributed by atoms with Gasteiger partial charge in [-0.1, -0.05) is 248 Å². The third-order valence-corrected chi connectivity index (χ3v) is 12.0. The summed E-state index contributed by atoms with van der Waals surface area (Å²) in [5, 5.41) is 0. The van der Waals surface area contributed by atoms with Crippen LogP contribution in [-0.2, 0) is 28.6 Å². The maximum atomic E-state index is 12.8. The normalized spacial score (nSPS) is 12.5. The standard InChI is InChI=1S/C59H104O6/c1-4-7-10-13-16-19-22-25-27-29-30-32-34-37-40-43-46-49-52-58(61)64-55-56(54-63-57(60)51-48-45-42-39-36-33-24-21-18-15-12-9-6-3)65-59(62)53-50-47-44-41-38-35-31-28-26-23-20-17-14-11-8-5-2/h9,12,18,21,28,31,33,36,42,45,56H,4-8,10-11,13-17,19-20,22-27,29-30,32,34-35,37-41,43-44,46-55H2,1-3H3/b12-9-,21-18-,31-28-,36-33-,45-42-. The van der Waals surface area contributed by atoms with E-state index < -0.39 is 6.10 Å². The first-order valence-electron chi connectivity index (χ1n) is 27.8. The summed E-state index contributed by atoms with van der Waals surface area (Å²) in [5.74, 6) is -0.981. The van der Waals surface area contributed by atoms with Gasteiger partial charge in [-0.3, -0.25) is 14.4 Å². The second-order valence-corrected chi connectivity index (χ2v) is 18.5. The predicted octanol–water partition coefficient (Wildman–Crippen LogP) is 18.4. The molecule has 0 N–H and O–H groups in total. The molecule has 6 nitrogen and oxygen atoms in total. The zero-order valence-electron chi connectivity index (χ0n) is 43.0. The number of hydrogen-bond donors (Lipinski definition) is 0. The van der Waals surface area contributed by atoms with Crippen LogP contribution in [0, 0.1) is 0 Å². The van der Waals surface area contributed by atoms with Gasteiger partial charge in [-0.15, -0.1) is 0 Å². The van der Waals surface area contributed by atoms with E-state index in [-0.39, 0.29) is 37.5 Å². The van der Waals surface area contributed by atoms with Crippen molar-refractivity contribution in [3.05, 3.63) is 60.8 Å². The lowest BCUT2D eigenvalue weighted by Gasteiger charge is -2.18. The molecule has 0 heterocycles. The molecule has 1 atom stereocenters. The highest BCUT2D eigenvalue weighted by molar-refractivity contribution is 5.71. The number of ether oxygens (including phenoxy) is 3. The van der Waals surface area contributed by atoms with Crippen LogP contribution >= 0.6 is 0 Å². The SMILES string of the molecule is CC/C=C\C/C=C\C/C=C\C/C=C\CCC(=O)OCC(COC(=O)CCCCCCCCCCCCCCCCCCCC)OC(=O)CCCCCCC/C=C\CCCCCCCCC. The minimum atomic E-state index is -0.805. The average molecular weight is 909 g/mol.